The van der Waals surface area contributed by atoms with Gasteiger partial charge in [0.1, 0.15) is 12.4 Å². The van der Waals surface area contributed by atoms with Gasteiger partial charge in [-0.2, -0.15) is 4.72 Å². The molecule has 0 unspecified atom stereocenters. The van der Waals surface area contributed by atoms with Crippen molar-refractivity contribution in [3.63, 3.8) is 0 Å². The van der Waals surface area contributed by atoms with Crippen molar-refractivity contribution in [1.82, 2.24) is 14.3 Å². The van der Waals surface area contributed by atoms with Crippen molar-refractivity contribution in [3.8, 4) is 0 Å². The molecule has 4 N–H and O–H groups in total. The summed E-state index contributed by atoms with van der Waals surface area (Å²) in [7, 11) is -3.98. The maximum absolute atomic E-state index is 12.8. The van der Waals surface area contributed by atoms with Crippen molar-refractivity contribution in [2.75, 3.05) is 30.3 Å². The topological polar surface area (TPSA) is 174 Å². The van der Waals surface area contributed by atoms with Crippen LogP contribution in [0.2, 0.25) is 0 Å². The van der Waals surface area contributed by atoms with Crippen LogP contribution in [0.15, 0.2) is 63.0 Å². The number of carbonyl (C=O) groups is 2. The Labute approximate surface area is 219 Å². The molecule has 12 nitrogen and oxygen atoms in total. The number of H-pyrrole nitrogens is 1. The number of aromatic amines is 1. The molecule has 0 saturated heterocycles. The molecule has 0 saturated carbocycles. The van der Waals surface area contributed by atoms with Gasteiger partial charge in [-0.15, -0.1) is 0 Å². The van der Waals surface area contributed by atoms with Crippen LogP contribution in [-0.4, -0.2) is 49.5 Å². The zero-order valence-electron chi connectivity index (χ0n) is 21.2. The molecule has 0 aliphatic rings. The van der Waals surface area contributed by atoms with Gasteiger partial charge in [0.15, 0.2) is 12.3 Å². The van der Waals surface area contributed by atoms with Gasteiger partial charge in [0.05, 0.1) is 11.4 Å². The summed E-state index contributed by atoms with van der Waals surface area (Å²) < 4.78 is 33.1. The molecule has 0 aliphatic heterocycles. The van der Waals surface area contributed by atoms with Crippen LogP contribution in [-0.2, 0) is 30.9 Å². The van der Waals surface area contributed by atoms with Gasteiger partial charge in [0.25, 0.3) is 11.5 Å². The van der Waals surface area contributed by atoms with Gasteiger partial charge in [0, 0.05) is 6.54 Å². The first-order chi connectivity index (χ1) is 17.9. The number of ether oxygens (including phenoxy) is 1. The Morgan fingerprint density at radius 2 is 1.76 bits per heavy atom. The molecule has 1 amide bonds. The highest BCUT2D eigenvalue weighted by Gasteiger charge is 2.24. The molecule has 1 aromatic heterocycles. The maximum Gasteiger partial charge on any atom is 0.330 e. The van der Waals surface area contributed by atoms with Crippen LogP contribution in [0.4, 0.5) is 11.5 Å². The molecule has 0 spiro atoms. The molecule has 3 aromatic rings. The van der Waals surface area contributed by atoms with Crippen LogP contribution in [0.3, 0.4) is 0 Å². The number of esters is 1. The number of nitrogens with one attached hydrogen (secondary N) is 2. The van der Waals surface area contributed by atoms with Crippen LogP contribution in [0, 0.1) is 13.8 Å². The predicted molar refractivity (Wildman–Crippen MR) is 141 cm³/mol. The van der Waals surface area contributed by atoms with Crippen molar-refractivity contribution >= 4 is 33.4 Å². The van der Waals surface area contributed by atoms with Crippen molar-refractivity contribution in [2.24, 2.45) is 0 Å². The summed E-state index contributed by atoms with van der Waals surface area (Å²) >= 11 is 0. The quantitative estimate of drug-likeness (QED) is 0.313. The summed E-state index contributed by atoms with van der Waals surface area (Å²) in [5, 5.41) is 0. The molecule has 1 heterocycles. The molecule has 202 valence electrons. The number of hydrogen-bond donors (Lipinski definition) is 3. The number of amides is 1. The Balaban J connectivity index is 1.70. The van der Waals surface area contributed by atoms with Gasteiger partial charge in [0.2, 0.25) is 10.0 Å². The van der Waals surface area contributed by atoms with Crippen LogP contribution in [0.25, 0.3) is 0 Å². The number of aryl methyl sites for hydroxylation is 2. The fourth-order valence-electron chi connectivity index (χ4n) is 3.61. The van der Waals surface area contributed by atoms with Crippen molar-refractivity contribution in [2.45, 2.75) is 32.2 Å². The van der Waals surface area contributed by atoms with Crippen LogP contribution >= 0.6 is 0 Å². The number of nitrogens with two attached hydrogens (primary N) is 1. The molecule has 0 radical (unpaired) electrons. The lowest BCUT2D eigenvalue weighted by Gasteiger charge is -2.23. The highest BCUT2D eigenvalue weighted by atomic mass is 32.2. The maximum atomic E-state index is 12.8. The second kappa shape index (κ2) is 11.9. The Morgan fingerprint density at radius 3 is 2.39 bits per heavy atom. The zero-order valence-corrected chi connectivity index (χ0v) is 22.0. The second-order valence-electron chi connectivity index (χ2n) is 8.43. The van der Waals surface area contributed by atoms with Gasteiger partial charge in [-0.3, -0.25) is 23.9 Å². The van der Waals surface area contributed by atoms with E-state index < -0.39 is 46.3 Å². The van der Waals surface area contributed by atoms with E-state index in [2.05, 4.69) is 9.71 Å². The number of aromatic nitrogens is 2. The number of benzene rings is 2. The SMILES string of the molecule is CCN(C(=O)COC(=O)CNS(=O)(=O)c1ccc(C)c(C)c1)c1c(N)n(Cc2ccccc2)c(=O)[nH]c1=O. The number of hydrogen-bond acceptors (Lipinski definition) is 8. The summed E-state index contributed by atoms with van der Waals surface area (Å²) in [6.45, 7) is 3.71. The molecule has 2 aromatic carbocycles. The molecule has 0 bridgehead atoms. The van der Waals surface area contributed by atoms with E-state index in [0.717, 1.165) is 26.2 Å². The fraction of sp³-hybridized carbons (Fsp3) is 0.280. The first-order valence-corrected chi connectivity index (χ1v) is 13.1. The second-order valence-corrected chi connectivity index (χ2v) is 10.2. The highest BCUT2D eigenvalue weighted by molar-refractivity contribution is 7.89. The molecule has 13 heteroatoms. The summed E-state index contributed by atoms with van der Waals surface area (Å²) in [4.78, 5) is 53.1. The van der Waals surface area contributed by atoms with Gasteiger partial charge in [-0.05, 0) is 49.6 Å². The van der Waals surface area contributed by atoms with Crippen LogP contribution in [0.5, 0.6) is 0 Å². The summed E-state index contributed by atoms with van der Waals surface area (Å²) in [5.74, 6) is -2.03. The number of sulfonamides is 1. The van der Waals surface area contributed by atoms with E-state index in [1.807, 2.05) is 6.92 Å². The Kier molecular flexibility index (Phi) is 8.86. The minimum absolute atomic E-state index is 0.0121. The van der Waals surface area contributed by atoms with E-state index in [1.54, 1.807) is 50.2 Å². The molecule has 0 aliphatic carbocycles. The average Bonchev–Trinajstić information content (AvgIpc) is 2.88. The van der Waals surface area contributed by atoms with E-state index in [-0.39, 0.29) is 29.5 Å². The molecule has 38 heavy (non-hydrogen) atoms. The Bertz CT molecular complexity index is 1560. The van der Waals surface area contributed by atoms with E-state index in [0.29, 0.717) is 0 Å². The normalized spacial score (nSPS) is 11.2. The monoisotopic (exact) mass is 543 g/mol. The van der Waals surface area contributed by atoms with Gasteiger partial charge in [-0.25, -0.2) is 13.2 Å². The molecular weight excluding hydrogens is 514 g/mol. The lowest BCUT2D eigenvalue weighted by molar-refractivity contribution is -0.146. The minimum Gasteiger partial charge on any atom is -0.455 e. The van der Waals surface area contributed by atoms with E-state index in [4.69, 9.17) is 10.5 Å². The van der Waals surface area contributed by atoms with E-state index in [1.165, 1.54) is 12.1 Å². The third-order valence-corrected chi connectivity index (χ3v) is 7.24. The summed E-state index contributed by atoms with van der Waals surface area (Å²) in [6, 6.07) is 13.4. The standard InChI is InChI=1S/C25H29N5O7S/c1-4-29(22-23(26)30(25(34)28-24(22)33)14-18-8-6-5-7-9-18)20(31)15-37-21(32)13-27-38(35,36)19-11-10-16(2)17(3)12-19/h5-12,27H,4,13-15,26H2,1-3H3,(H,28,33,34). The number of anilines is 2. The Morgan fingerprint density at radius 1 is 1.08 bits per heavy atom. The number of rotatable bonds is 10. The third kappa shape index (κ3) is 6.55. The number of likely N-dealkylation sites (N-methyl/N-ethyl adjacent to an activating group) is 1. The lowest BCUT2D eigenvalue weighted by Crippen LogP contribution is -2.43. The number of nitrogen functional groups attached to an aromatic ring is 1. The van der Waals surface area contributed by atoms with Crippen molar-refractivity contribution < 1.29 is 22.7 Å². The summed E-state index contributed by atoms with van der Waals surface area (Å²) in [6.07, 6.45) is 0. The van der Waals surface area contributed by atoms with Gasteiger partial charge >= 0.3 is 11.7 Å². The average molecular weight is 544 g/mol. The van der Waals surface area contributed by atoms with Gasteiger partial charge < -0.3 is 15.4 Å². The third-order valence-electron chi connectivity index (χ3n) is 5.84. The molecule has 0 atom stereocenters. The minimum atomic E-state index is -3.98. The first kappa shape index (κ1) is 28.3. The van der Waals surface area contributed by atoms with E-state index >= 15 is 0 Å². The Hall–Kier alpha value is -4.23. The fourth-order valence-corrected chi connectivity index (χ4v) is 4.66. The predicted octanol–water partition coefficient (Wildman–Crippen LogP) is 0.659. The van der Waals surface area contributed by atoms with Crippen molar-refractivity contribution in [3.05, 3.63) is 86.1 Å². The molecule has 3 rings (SSSR count). The smallest absolute Gasteiger partial charge is 0.330 e. The largest absolute Gasteiger partial charge is 0.455 e. The number of nitrogens with zero attached hydrogens (tertiary/aromatic N) is 2. The van der Waals surface area contributed by atoms with Crippen molar-refractivity contribution in [1.29, 1.82) is 0 Å². The molecular formula is C25H29N5O7S. The first-order valence-electron chi connectivity index (χ1n) is 11.6. The van der Waals surface area contributed by atoms with Crippen LogP contribution in [0.1, 0.15) is 23.6 Å². The van der Waals surface area contributed by atoms with E-state index in [9.17, 15) is 27.6 Å². The number of carbonyl (C=O) groups excluding carboxylic acids is 2. The summed E-state index contributed by atoms with van der Waals surface area (Å²) in [5.41, 5.74) is 6.68. The lowest BCUT2D eigenvalue weighted by atomic mass is 10.1. The zero-order chi connectivity index (χ0) is 28.0. The molecule has 0 fully saturated rings. The highest BCUT2D eigenvalue weighted by Crippen LogP contribution is 2.18. The van der Waals surface area contributed by atoms with Gasteiger partial charge in [-0.1, -0.05) is 36.4 Å². The van der Waals surface area contributed by atoms with Crippen LogP contribution < -0.4 is 26.6 Å².